The Morgan fingerprint density at radius 3 is 0.862 bits per heavy atom. The molecule has 6 heteroatoms. The van der Waals surface area contributed by atoms with Crippen molar-refractivity contribution in [3.05, 3.63) is 36.5 Å². The molecule has 0 aromatic heterocycles. The van der Waals surface area contributed by atoms with Gasteiger partial charge >= 0.3 is 17.9 Å². The third-order valence-electron chi connectivity index (χ3n) is 12.6. The smallest absolute Gasteiger partial charge is 0.306 e. The van der Waals surface area contributed by atoms with E-state index in [4.69, 9.17) is 14.2 Å². The second-order valence-electron chi connectivity index (χ2n) is 19.2. The molecule has 0 heterocycles. The summed E-state index contributed by atoms with van der Waals surface area (Å²) in [6.07, 6.45) is 64.3. The van der Waals surface area contributed by atoms with Crippen molar-refractivity contribution in [2.75, 3.05) is 13.2 Å². The van der Waals surface area contributed by atoms with Gasteiger partial charge in [-0.1, -0.05) is 243 Å². The minimum Gasteiger partial charge on any atom is -0.462 e. The summed E-state index contributed by atoms with van der Waals surface area (Å²) in [6.45, 7) is 6.62. The monoisotopic (exact) mass is 913 g/mol. The summed E-state index contributed by atoms with van der Waals surface area (Å²) in [5.41, 5.74) is 0. The van der Waals surface area contributed by atoms with Crippen LogP contribution in [0.25, 0.3) is 0 Å². The van der Waals surface area contributed by atoms with E-state index in [0.717, 1.165) is 64.2 Å². The van der Waals surface area contributed by atoms with Crippen molar-refractivity contribution in [3.8, 4) is 0 Å². The molecule has 0 fully saturated rings. The first-order valence-corrected chi connectivity index (χ1v) is 28.5. The van der Waals surface area contributed by atoms with Crippen LogP contribution in [0.5, 0.6) is 0 Å². The molecule has 0 saturated carbocycles. The first-order valence-electron chi connectivity index (χ1n) is 28.5. The summed E-state index contributed by atoms with van der Waals surface area (Å²) >= 11 is 0. The van der Waals surface area contributed by atoms with E-state index >= 15 is 0 Å². The zero-order chi connectivity index (χ0) is 47.2. The lowest BCUT2D eigenvalue weighted by atomic mass is 10.1. The lowest BCUT2D eigenvalue weighted by Gasteiger charge is -2.18. The molecule has 0 saturated heterocycles. The van der Waals surface area contributed by atoms with Crippen LogP contribution in [0.2, 0.25) is 0 Å². The maximum Gasteiger partial charge on any atom is 0.306 e. The van der Waals surface area contributed by atoms with Gasteiger partial charge in [0, 0.05) is 19.3 Å². The largest absolute Gasteiger partial charge is 0.462 e. The molecule has 1 unspecified atom stereocenters. The number of unbranched alkanes of at least 4 members (excludes halogenated alkanes) is 35. The molecule has 0 aromatic carbocycles. The van der Waals surface area contributed by atoms with Gasteiger partial charge in [0.25, 0.3) is 0 Å². The molecule has 1 atom stereocenters. The molecule has 6 nitrogen and oxygen atoms in total. The Balaban J connectivity index is 4.23. The van der Waals surface area contributed by atoms with Gasteiger partial charge in [0.15, 0.2) is 6.10 Å². The Hall–Kier alpha value is -2.37. The van der Waals surface area contributed by atoms with Crippen LogP contribution in [-0.2, 0) is 28.6 Å². The first kappa shape index (κ1) is 62.6. The van der Waals surface area contributed by atoms with Crippen LogP contribution in [-0.4, -0.2) is 37.2 Å². The Kier molecular flexibility index (Phi) is 52.3. The molecular formula is C59H108O6. The summed E-state index contributed by atoms with van der Waals surface area (Å²) in [5.74, 6) is -0.872. The molecule has 0 radical (unpaired) electrons. The highest BCUT2D eigenvalue weighted by molar-refractivity contribution is 5.71. The molecule has 0 amide bonds. The van der Waals surface area contributed by atoms with E-state index in [1.807, 2.05) is 0 Å². The number of carbonyl (C=O) groups is 3. The molecule has 0 bridgehead atoms. The van der Waals surface area contributed by atoms with Gasteiger partial charge in [0.1, 0.15) is 13.2 Å². The SMILES string of the molecule is CCCCCCC/C=C\C/C=C\CCCCCCCCCCCC(=O)OCC(COC(=O)CCCCCCCCCC)OC(=O)CCCCCCCCC/C=C\CCCCCCCCC. The average Bonchev–Trinajstić information content (AvgIpc) is 3.30. The van der Waals surface area contributed by atoms with Gasteiger partial charge < -0.3 is 14.2 Å². The Bertz CT molecular complexity index is 1090. The summed E-state index contributed by atoms with van der Waals surface area (Å²) < 4.78 is 16.8. The zero-order valence-corrected chi connectivity index (χ0v) is 43.5. The van der Waals surface area contributed by atoms with Crippen LogP contribution in [0, 0.1) is 0 Å². The van der Waals surface area contributed by atoms with Gasteiger partial charge in [-0.2, -0.15) is 0 Å². The predicted molar refractivity (Wildman–Crippen MR) is 279 cm³/mol. The molecule has 0 aliphatic carbocycles. The molecular weight excluding hydrogens is 805 g/mol. The number of carbonyl (C=O) groups excluding carboxylic acids is 3. The molecule has 0 rings (SSSR count). The van der Waals surface area contributed by atoms with Gasteiger partial charge in [-0.3, -0.25) is 14.4 Å². The van der Waals surface area contributed by atoms with Crippen LogP contribution in [0.1, 0.15) is 303 Å². The lowest BCUT2D eigenvalue weighted by Crippen LogP contribution is -2.30. The minimum absolute atomic E-state index is 0.0726. The number of esters is 3. The van der Waals surface area contributed by atoms with Crippen molar-refractivity contribution >= 4 is 17.9 Å². The van der Waals surface area contributed by atoms with Crippen molar-refractivity contribution < 1.29 is 28.6 Å². The predicted octanol–water partition coefficient (Wildman–Crippen LogP) is 18.9. The highest BCUT2D eigenvalue weighted by atomic mass is 16.6. The number of allylic oxidation sites excluding steroid dienone is 6. The van der Waals surface area contributed by atoms with Crippen LogP contribution < -0.4 is 0 Å². The van der Waals surface area contributed by atoms with Crippen LogP contribution >= 0.6 is 0 Å². The van der Waals surface area contributed by atoms with Crippen LogP contribution in [0.15, 0.2) is 36.5 Å². The molecule has 0 N–H and O–H groups in total. The number of ether oxygens (including phenoxy) is 3. The fourth-order valence-corrected chi connectivity index (χ4v) is 8.29. The molecule has 0 aliphatic rings. The van der Waals surface area contributed by atoms with Crippen molar-refractivity contribution in [1.82, 2.24) is 0 Å². The molecule has 65 heavy (non-hydrogen) atoms. The van der Waals surface area contributed by atoms with Crippen molar-refractivity contribution in [2.45, 2.75) is 309 Å². The highest BCUT2D eigenvalue weighted by Crippen LogP contribution is 2.16. The van der Waals surface area contributed by atoms with Crippen molar-refractivity contribution in [1.29, 1.82) is 0 Å². The second-order valence-corrected chi connectivity index (χ2v) is 19.2. The van der Waals surface area contributed by atoms with Gasteiger partial charge in [0.05, 0.1) is 0 Å². The average molecular weight is 914 g/mol. The van der Waals surface area contributed by atoms with Gasteiger partial charge in [0.2, 0.25) is 0 Å². The second kappa shape index (κ2) is 54.2. The summed E-state index contributed by atoms with van der Waals surface area (Å²) in [4.78, 5) is 38.0. The number of hydrogen-bond donors (Lipinski definition) is 0. The summed E-state index contributed by atoms with van der Waals surface area (Å²) in [5, 5.41) is 0. The van der Waals surface area contributed by atoms with Crippen LogP contribution in [0.4, 0.5) is 0 Å². The van der Waals surface area contributed by atoms with E-state index in [1.165, 1.54) is 199 Å². The van der Waals surface area contributed by atoms with Gasteiger partial charge in [-0.25, -0.2) is 0 Å². The Morgan fingerprint density at radius 1 is 0.308 bits per heavy atom. The van der Waals surface area contributed by atoms with E-state index in [0.29, 0.717) is 19.3 Å². The summed E-state index contributed by atoms with van der Waals surface area (Å²) in [7, 11) is 0. The molecule has 0 aromatic rings. The topological polar surface area (TPSA) is 78.9 Å². The standard InChI is InChI=1S/C59H108O6/c1-4-7-10-13-16-19-21-23-25-27-29-30-31-33-34-36-38-40-43-46-49-52-58(61)64-55-56(54-63-57(60)51-48-45-42-18-15-12-9-6-3)65-59(62)53-50-47-44-41-39-37-35-32-28-26-24-22-20-17-14-11-8-5-2/h21,23,26-29,56H,4-20,22,24-25,30-55H2,1-3H3/b23-21-,28-26-,29-27-. The highest BCUT2D eigenvalue weighted by Gasteiger charge is 2.19. The Morgan fingerprint density at radius 2 is 0.554 bits per heavy atom. The van der Waals surface area contributed by atoms with Crippen molar-refractivity contribution in [3.63, 3.8) is 0 Å². The first-order chi connectivity index (χ1) is 32.0. The third-order valence-corrected chi connectivity index (χ3v) is 12.6. The minimum atomic E-state index is -0.772. The van der Waals surface area contributed by atoms with Gasteiger partial charge in [-0.05, 0) is 77.0 Å². The fraction of sp³-hybridized carbons (Fsp3) is 0.847. The molecule has 0 aliphatic heterocycles. The number of rotatable bonds is 52. The number of hydrogen-bond acceptors (Lipinski definition) is 6. The molecule has 0 spiro atoms. The maximum atomic E-state index is 12.8. The quantitative estimate of drug-likeness (QED) is 0.0262. The lowest BCUT2D eigenvalue weighted by molar-refractivity contribution is -0.167. The Labute approximate surface area is 404 Å². The van der Waals surface area contributed by atoms with E-state index in [1.54, 1.807) is 0 Å². The van der Waals surface area contributed by atoms with E-state index in [2.05, 4.69) is 57.2 Å². The third kappa shape index (κ3) is 52.5. The molecule has 380 valence electrons. The fourth-order valence-electron chi connectivity index (χ4n) is 8.29. The van der Waals surface area contributed by atoms with E-state index < -0.39 is 6.10 Å². The summed E-state index contributed by atoms with van der Waals surface area (Å²) in [6, 6.07) is 0. The maximum absolute atomic E-state index is 12.8. The van der Waals surface area contributed by atoms with Crippen LogP contribution in [0.3, 0.4) is 0 Å². The zero-order valence-electron chi connectivity index (χ0n) is 43.5. The van der Waals surface area contributed by atoms with E-state index in [-0.39, 0.29) is 31.1 Å². The van der Waals surface area contributed by atoms with Gasteiger partial charge in [-0.15, -0.1) is 0 Å². The van der Waals surface area contributed by atoms with E-state index in [9.17, 15) is 14.4 Å². The normalized spacial score (nSPS) is 12.2. The van der Waals surface area contributed by atoms with Crippen molar-refractivity contribution in [2.24, 2.45) is 0 Å².